The smallest absolute Gasteiger partial charge is 0.408 e. The predicted molar refractivity (Wildman–Crippen MR) is 143 cm³/mol. The number of nitrogens with zero attached hydrogens (tertiary/aromatic N) is 1. The van der Waals surface area contributed by atoms with Gasteiger partial charge in [-0.25, -0.2) is 4.79 Å². The first-order valence-corrected chi connectivity index (χ1v) is 14.0. The molecule has 0 spiro atoms. The molecular formula is C29H47N3O5. The second-order valence-electron chi connectivity index (χ2n) is 13.3. The summed E-state index contributed by atoms with van der Waals surface area (Å²) in [6.07, 6.45) is 9.81. The molecule has 3 rings (SSSR count). The Hall–Kier alpha value is -2.38. The van der Waals surface area contributed by atoms with Crippen LogP contribution < -0.4 is 10.6 Å². The summed E-state index contributed by atoms with van der Waals surface area (Å²) in [6.45, 7) is 12.6. The highest BCUT2D eigenvalue weighted by Crippen LogP contribution is 2.57. The molecule has 2 fully saturated rings. The molecule has 2 aliphatic heterocycles. The number of hydrogen-bond acceptors (Lipinski definition) is 5. The van der Waals surface area contributed by atoms with E-state index in [1.165, 1.54) is 0 Å². The number of amides is 3. The second-order valence-corrected chi connectivity index (χ2v) is 13.3. The molecule has 208 valence electrons. The minimum atomic E-state index is -0.735. The number of nitrogens with one attached hydrogen (secondary N) is 2. The first kappa shape index (κ1) is 29.2. The largest absolute Gasteiger partial charge is 0.444 e. The Morgan fingerprint density at radius 2 is 1.78 bits per heavy atom. The Bertz CT molecular complexity index is 900. The second kappa shape index (κ2) is 11.6. The lowest BCUT2D eigenvalue weighted by atomic mass is 9.90. The summed E-state index contributed by atoms with van der Waals surface area (Å²) < 4.78 is 5.41. The zero-order valence-electron chi connectivity index (χ0n) is 23.7. The average Bonchev–Trinajstić information content (AvgIpc) is 3.23. The summed E-state index contributed by atoms with van der Waals surface area (Å²) in [4.78, 5) is 54.8. The zero-order valence-corrected chi connectivity index (χ0v) is 23.7. The molecule has 3 amide bonds. The van der Waals surface area contributed by atoms with Crippen molar-refractivity contribution in [2.45, 2.75) is 117 Å². The van der Waals surface area contributed by atoms with Gasteiger partial charge in [0, 0.05) is 19.5 Å². The standard InChI is InChI=1S/C29H47N3O5/c1-27(2,3)19-30-25(35)29-17-20(29)13-10-8-7-9-11-14-21(31-26(36)37-28(4,5)6)24(34)32-16-12-15-22(32)23(33)18-29/h10,13,20-22H,7-9,11-12,14-19H2,1-6H3,(H,30,35)(H,31,36)/b13-10-/t20-,21+,22+,29-/m1/s1. The molecule has 2 heterocycles. The molecule has 1 saturated carbocycles. The lowest BCUT2D eigenvalue weighted by molar-refractivity contribution is -0.140. The van der Waals surface area contributed by atoms with Gasteiger partial charge in [0.25, 0.3) is 0 Å². The molecule has 8 heteroatoms. The van der Waals surface area contributed by atoms with Crippen molar-refractivity contribution in [1.29, 1.82) is 0 Å². The van der Waals surface area contributed by atoms with E-state index in [0.717, 1.165) is 32.1 Å². The molecule has 1 saturated heterocycles. The molecular weight excluding hydrogens is 470 g/mol. The van der Waals surface area contributed by atoms with Gasteiger partial charge in [0.2, 0.25) is 11.8 Å². The fourth-order valence-electron chi connectivity index (χ4n) is 5.40. The van der Waals surface area contributed by atoms with Crippen molar-refractivity contribution >= 4 is 23.7 Å². The van der Waals surface area contributed by atoms with Crippen LogP contribution in [0.15, 0.2) is 12.2 Å². The number of hydrogen-bond donors (Lipinski definition) is 2. The number of fused-ring (bicyclic) bond motifs is 2. The molecule has 1 aliphatic carbocycles. The summed E-state index contributed by atoms with van der Waals surface area (Å²) in [7, 11) is 0. The molecule has 0 unspecified atom stereocenters. The van der Waals surface area contributed by atoms with E-state index in [-0.39, 0.29) is 35.4 Å². The van der Waals surface area contributed by atoms with Crippen LogP contribution in [0.4, 0.5) is 4.79 Å². The highest BCUT2D eigenvalue weighted by Gasteiger charge is 2.60. The van der Waals surface area contributed by atoms with E-state index in [2.05, 4.69) is 43.6 Å². The number of ketones is 1. The van der Waals surface area contributed by atoms with Crippen LogP contribution in [0, 0.1) is 16.7 Å². The highest BCUT2D eigenvalue weighted by atomic mass is 16.6. The van der Waals surface area contributed by atoms with E-state index in [1.807, 2.05) is 0 Å². The van der Waals surface area contributed by atoms with Gasteiger partial charge in [0.05, 0.1) is 11.5 Å². The summed E-state index contributed by atoms with van der Waals surface area (Å²) in [5.74, 6) is -0.296. The topological polar surface area (TPSA) is 105 Å². The van der Waals surface area contributed by atoms with E-state index in [1.54, 1.807) is 25.7 Å². The van der Waals surface area contributed by atoms with Gasteiger partial charge in [-0.1, -0.05) is 45.8 Å². The maximum Gasteiger partial charge on any atom is 0.408 e. The van der Waals surface area contributed by atoms with Crippen LogP contribution in [-0.2, 0) is 19.1 Å². The molecule has 37 heavy (non-hydrogen) atoms. The quantitative estimate of drug-likeness (QED) is 0.536. The van der Waals surface area contributed by atoms with Crippen molar-refractivity contribution in [1.82, 2.24) is 15.5 Å². The van der Waals surface area contributed by atoms with Crippen LogP contribution >= 0.6 is 0 Å². The van der Waals surface area contributed by atoms with Crippen LogP contribution in [0.2, 0.25) is 0 Å². The van der Waals surface area contributed by atoms with Gasteiger partial charge >= 0.3 is 6.09 Å². The lowest BCUT2D eigenvalue weighted by Crippen LogP contribution is -2.52. The highest BCUT2D eigenvalue weighted by molar-refractivity contribution is 5.97. The van der Waals surface area contributed by atoms with Gasteiger partial charge in [-0.05, 0) is 70.6 Å². The first-order valence-electron chi connectivity index (χ1n) is 14.0. The van der Waals surface area contributed by atoms with Gasteiger partial charge in [0.1, 0.15) is 11.6 Å². The lowest BCUT2D eigenvalue weighted by Gasteiger charge is -2.30. The van der Waals surface area contributed by atoms with Crippen molar-refractivity contribution in [2.24, 2.45) is 16.7 Å². The summed E-state index contributed by atoms with van der Waals surface area (Å²) >= 11 is 0. The van der Waals surface area contributed by atoms with E-state index in [0.29, 0.717) is 32.4 Å². The first-order chi connectivity index (χ1) is 17.2. The van der Waals surface area contributed by atoms with Crippen LogP contribution in [0.25, 0.3) is 0 Å². The average molecular weight is 518 g/mol. The van der Waals surface area contributed by atoms with E-state index in [4.69, 9.17) is 4.74 Å². The fourth-order valence-corrected chi connectivity index (χ4v) is 5.40. The Morgan fingerprint density at radius 1 is 1.05 bits per heavy atom. The number of allylic oxidation sites excluding steroid dienone is 2. The third-order valence-corrected chi connectivity index (χ3v) is 7.48. The molecule has 0 bridgehead atoms. The number of ether oxygens (including phenoxy) is 1. The molecule has 4 atom stereocenters. The SMILES string of the molecule is CC(C)(C)CNC(=O)[C@]12CC(=O)[C@@H]3CCCN3C(=O)[C@@H](NC(=O)OC(C)(C)C)CCCCC/C=C\[C@@H]1C2. The molecule has 0 aromatic carbocycles. The molecule has 0 radical (unpaired) electrons. The molecule has 0 aromatic heterocycles. The van der Waals surface area contributed by atoms with Crippen LogP contribution in [0.3, 0.4) is 0 Å². The maximum absolute atomic E-state index is 13.6. The van der Waals surface area contributed by atoms with Crippen LogP contribution in [0.1, 0.15) is 99.3 Å². The normalized spacial score (nSPS) is 30.3. The van der Waals surface area contributed by atoms with Crippen LogP contribution in [0.5, 0.6) is 0 Å². The van der Waals surface area contributed by atoms with Crippen LogP contribution in [-0.4, -0.2) is 59.4 Å². The number of rotatable bonds is 3. The number of carbonyl (C=O) groups excluding carboxylic acids is 4. The number of Topliss-reactive ketones (excluding diaryl/α,β-unsaturated/α-hetero) is 1. The van der Waals surface area contributed by atoms with Gasteiger partial charge in [-0.15, -0.1) is 0 Å². The van der Waals surface area contributed by atoms with Crippen molar-refractivity contribution in [3.63, 3.8) is 0 Å². The summed E-state index contributed by atoms with van der Waals surface area (Å²) in [6, 6.07) is -1.29. The van der Waals surface area contributed by atoms with Gasteiger partial charge in [-0.2, -0.15) is 0 Å². The fraction of sp³-hybridized carbons (Fsp3) is 0.793. The Labute approximate surface area is 222 Å². The van der Waals surface area contributed by atoms with Crippen molar-refractivity contribution in [3.05, 3.63) is 12.2 Å². The Balaban J connectivity index is 1.80. The Kier molecular flexibility index (Phi) is 9.12. The molecule has 3 aliphatic rings. The van der Waals surface area contributed by atoms with E-state index in [9.17, 15) is 19.2 Å². The minimum absolute atomic E-state index is 0.0497. The zero-order chi connectivity index (χ0) is 27.4. The third-order valence-electron chi connectivity index (χ3n) is 7.48. The van der Waals surface area contributed by atoms with Gasteiger partial charge in [-0.3, -0.25) is 14.4 Å². The Morgan fingerprint density at radius 3 is 2.46 bits per heavy atom. The summed E-state index contributed by atoms with van der Waals surface area (Å²) in [5.41, 5.74) is -1.46. The van der Waals surface area contributed by atoms with Crippen molar-refractivity contribution in [3.8, 4) is 0 Å². The predicted octanol–water partition coefficient (Wildman–Crippen LogP) is 4.52. The van der Waals surface area contributed by atoms with E-state index >= 15 is 0 Å². The minimum Gasteiger partial charge on any atom is -0.444 e. The van der Waals surface area contributed by atoms with Crippen molar-refractivity contribution < 1.29 is 23.9 Å². The monoisotopic (exact) mass is 517 g/mol. The summed E-state index contributed by atoms with van der Waals surface area (Å²) in [5, 5.41) is 5.86. The number of alkyl carbamates (subject to hydrolysis) is 1. The van der Waals surface area contributed by atoms with Gasteiger partial charge < -0.3 is 20.3 Å². The van der Waals surface area contributed by atoms with Crippen molar-refractivity contribution in [2.75, 3.05) is 13.1 Å². The van der Waals surface area contributed by atoms with E-state index < -0.39 is 29.2 Å². The van der Waals surface area contributed by atoms with Gasteiger partial charge in [0.15, 0.2) is 5.78 Å². The molecule has 2 N–H and O–H groups in total. The third kappa shape index (κ3) is 8.05. The molecule has 8 nitrogen and oxygen atoms in total. The molecule has 0 aromatic rings. The number of carbonyl (C=O) groups is 4. The maximum atomic E-state index is 13.6.